The summed E-state index contributed by atoms with van der Waals surface area (Å²) < 4.78 is 5.13. The van der Waals surface area contributed by atoms with Crippen molar-refractivity contribution < 1.29 is 4.74 Å². The van der Waals surface area contributed by atoms with Gasteiger partial charge in [0.1, 0.15) is 0 Å². The van der Waals surface area contributed by atoms with Gasteiger partial charge in [-0.15, -0.1) is 0 Å². The summed E-state index contributed by atoms with van der Waals surface area (Å²) in [6, 6.07) is 0. The molecule has 0 bridgehead atoms. The Labute approximate surface area is 273 Å². The molecule has 3 fully saturated rings. The van der Waals surface area contributed by atoms with Crippen LogP contribution in [0.3, 0.4) is 0 Å². The van der Waals surface area contributed by atoms with Gasteiger partial charge in [-0.05, 0) is 76.2 Å². The van der Waals surface area contributed by atoms with Gasteiger partial charge in [-0.2, -0.15) is 0 Å². The van der Waals surface area contributed by atoms with Crippen molar-refractivity contribution in [1.82, 2.24) is 21.3 Å². The summed E-state index contributed by atoms with van der Waals surface area (Å²) in [4.78, 5) is 0. The molecule has 3 rings (SSSR count). The van der Waals surface area contributed by atoms with Crippen molar-refractivity contribution in [2.24, 2.45) is 17.8 Å². The van der Waals surface area contributed by atoms with E-state index in [1.54, 1.807) is 0 Å². The maximum absolute atomic E-state index is 5.13. The van der Waals surface area contributed by atoms with Gasteiger partial charge in [0.25, 0.3) is 0 Å². The van der Waals surface area contributed by atoms with Gasteiger partial charge in [0.15, 0.2) is 0 Å². The molecule has 3 aliphatic heterocycles. The second-order valence-electron chi connectivity index (χ2n) is 10.9. The summed E-state index contributed by atoms with van der Waals surface area (Å²) in [5.41, 5.74) is 0. The van der Waals surface area contributed by atoms with Gasteiger partial charge in [0.2, 0.25) is 0 Å². The molecule has 5 heteroatoms. The van der Waals surface area contributed by atoms with E-state index >= 15 is 0 Å². The van der Waals surface area contributed by atoms with Crippen molar-refractivity contribution >= 4 is 0 Å². The Hall–Kier alpha value is -0.200. The zero-order valence-electron chi connectivity index (χ0n) is 30.5. The third-order valence-corrected chi connectivity index (χ3v) is 3.71. The van der Waals surface area contributed by atoms with Gasteiger partial charge < -0.3 is 26.0 Å². The van der Waals surface area contributed by atoms with E-state index in [1.165, 1.54) is 64.7 Å². The third-order valence-electron chi connectivity index (χ3n) is 3.71. The van der Waals surface area contributed by atoms with E-state index in [4.69, 9.17) is 4.74 Å². The Morgan fingerprint density at radius 1 is 0.333 bits per heavy atom. The van der Waals surface area contributed by atoms with Crippen LogP contribution in [0.25, 0.3) is 0 Å². The molecule has 0 aromatic carbocycles. The quantitative estimate of drug-likeness (QED) is 0.219. The Bertz CT molecular complexity index is 199. The SMILES string of the molecule is C.C.C.C1CCCNCC1.C1CNCCNC1.C1CNCCOC1.CC.CC.CC.CC(C)C.CC(C)C.CC(C)C. The van der Waals surface area contributed by atoms with Crippen LogP contribution in [0, 0.1) is 17.8 Å². The molecule has 0 aromatic heterocycles. The molecule has 0 unspecified atom stereocenters. The van der Waals surface area contributed by atoms with Crippen LogP contribution < -0.4 is 21.3 Å². The highest BCUT2D eigenvalue weighted by molar-refractivity contribution is 4.58. The topological polar surface area (TPSA) is 57.3 Å². The average Bonchev–Trinajstić information content (AvgIpc) is 3.49. The van der Waals surface area contributed by atoms with E-state index < -0.39 is 0 Å². The van der Waals surface area contributed by atoms with Gasteiger partial charge >= 0.3 is 0 Å². The van der Waals surface area contributed by atoms with Crippen LogP contribution in [-0.2, 0) is 4.74 Å². The summed E-state index contributed by atoms with van der Waals surface area (Å²) in [5.74, 6) is 2.50. The molecule has 0 saturated carbocycles. The Kier molecular flexibility index (Phi) is 112. The Morgan fingerprint density at radius 2 is 0.595 bits per heavy atom. The highest BCUT2D eigenvalue weighted by Gasteiger charge is 1.94. The van der Waals surface area contributed by atoms with Gasteiger partial charge in [-0.1, -0.05) is 139 Å². The van der Waals surface area contributed by atoms with Crippen LogP contribution in [0.2, 0.25) is 0 Å². The van der Waals surface area contributed by atoms with Gasteiger partial charge in [-0.3, -0.25) is 0 Å². The lowest BCUT2D eigenvalue weighted by atomic mass is 10.2. The zero-order chi connectivity index (χ0) is 31.6. The van der Waals surface area contributed by atoms with Crippen LogP contribution in [-0.4, -0.2) is 65.6 Å². The van der Waals surface area contributed by atoms with Crippen molar-refractivity contribution in [2.75, 3.05) is 65.6 Å². The van der Waals surface area contributed by atoms with Crippen LogP contribution in [0.1, 0.15) is 165 Å². The van der Waals surface area contributed by atoms with Crippen molar-refractivity contribution in [3.8, 4) is 0 Å². The van der Waals surface area contributed by atoms with Crippen LogP contribution in [0.15, 0.2) is 0 Å². The van der Waals surface area contributed by atoms with Gasteiger partial charge in [-0.25, -0.2) is 0 Å². The minimum atomic E-state index is 0. The summed E-state index contributed by atoms with van der Waals surface area (Å²) in [5, 5.41) is 13.1. The monoisotopic (exact) mass is 613 g/mol. The Morgan fingerprint density at radius 3 is 0.952 bits per heavy atom. The summed E-state index contributed by atoms with van der Waals surface area (Å²) in [7, 11) is 0. The second-order valence-corrected chi connectivity index (χ2v) is 10.9. The molecule has 0 aliphatic carbocycles. The molecular weight excluding hydrogens is 516 g/mol. The number of nitrogens with one attached hydrogen (secondary N) is 4. The van der Waals surface area contributed by atoms with Gasteiger partial charge in [0.05, 0.1) is 6.61 Å². The lowest BCUT2D eigenvalue weighted by molar-refractivity contribution is 0.151. The standard InChI is InChI=1S/C6H13N.C5H12N2.C5H11NO.3C4H10.3C2H6.3CH4/c1-2-4-6-7-5-3-1;1-2-6-4-5-7-3-1;1-2-6-3-5-7-4-1;3*1-4(2)3;3*1-2;;;/h7H,1-6H2;6-7H,1-5H2;6H,1-5H2;3*4H,1-3H3;3*1-2H3;3*1H4. The molecule has 0 aromatic rings. The van der Waals surface area contributed by atoms with Gasteiger partial charge in [0, 0.05) is 26.2 Å². The van der Waals surface area contributed by atoms with Crippen molar-refractivity contribution in [2.45, 2.75) is 165 Å². The predicted molar refractivity (Wildman–Crippen MR) is 206 cm³/mol. The highest BCUT2D eigenvalue weighted by Crippen LogP contribution is 2.00. The molecule has 5 nitrogen and oxygen atoms in total. The first-order valence-corrected chi connectivity index (χ1v) is 17.1. The predicted octanol–water partition coefficient (Wildman–Crippen LogP) is 10.7. The van der Waals surface area contributed by atoms with E-state index in [1.807, 2.05) is 41.5 Å². The Balaban J connectivity index is -0.0000000430. The molecule has 3 saturated heterocycles. The fourth-order valence-corrected chi connectivity index (χ4v) is 2.41. The number of hydrogen-bond acceptors (Lipinski definition) is 5. The first-order valence-electron chi connectivity index (χ1n) is 17.1. The van der Waals surface area contributed by atoms with Crippen molar-refractivity contribution in [3.05, 3.63) is 0 Å². The maximum atomic E-state index is 5.13. The van der Waals surface area contributed by atoms with E-state index in [9.17, 15) is 0 Å². The normalized spacial score (nSPS) is 15.0. The maximum Gasteiger partial charge on any atom is 0.0590 e. The molecule has 270 valence electrons. The van der Waals surface area contributed by atoms with E-state index in [-0.39, 0.29) is 22.3 Å². The van der Waals surface area contributed by atoms with Crippen LogP contribution in [0.5, 0.6) is 0 Å². The lowest BCUT2D eigenvalue weighted by Gasteiger charge is -1.92. The zero-order valence-corrected chi connectivity index (χ0v) is 30.5. The number of rotatable bonds is 0. The first-order chi connectivity index (χ1) is 18.7. The summed E-state index contributed by atoms with van der Waals surface area (Å²) in [6.45, 7) is 42.6. The van der Waals surface area contributed by atoms with Crippen molar-refractivity contribution in [3.63, 3.8) is 0 Å². The lowest BCUT2D eigenvalue weighted by Crippen LogP contribution is -2.21. The van der Waals surface area contributed by atoms with Crippen molar-refractivity contribution in [1.29, 1.82) is 0 Å². The molecule has 3 aliphatic rings. The molecule has 0 radical (unpaired) electrons. The molecule has 3 heterocycles. The molecule has 0 amide bonds. The van der Waals surface area contributed by atoms with E-state index in [0.717, 1.165) is 57.1 Å². The van der Waals surface area contributed by atoms with Crippen LogP contribution in [0.4, 0.5) is 0 Å². The largest absolute Gasteiger partial charge is 0.380 e. The minimum Gasteiger partial charge on any atom is -0.380 e. The molecule has 42 heavy (non-hydrogen) atoms. The summed E-state index contributed by atoms with van der Waals surface area (Å²) >= 11 is 0. The summed E-state index contributed by atoms with van der Waals surface area (Å²) in [6.07, 6.45) is 8.10. The molecule has 4 N–H and O–H groups in total. The van der Waals surface area contributed by atoms with E-state index in [0.29, 0.717) is 0 Å². The molecule has 0 atom stereocenters. The number of hydrogen-bond donors (Lipinski definition) is 4. The fourth-order valence-electron chi connectivity index (χ4n) is 2.41. The smallest absolute Gasteiger partial charge is 0.0590 e. The highest BCUT2D eigenvalue weighted by atomic mass is 16.5. The fraction of sp³-hybridized carbons (Fsp3) is 1.00. The third kappa shape index (κ3) is 138. The second kappa shape index (κ2) is 72.8. The van der Waals surface area contributed by atoms with Crippen LogP contribution >= 0.6 is 0 Å². The molecular formula is C37H96N4O. The number of ether oxygens (including phenoxy) is 1. The molecule has 0 spiro atoms. The van der Waals surface area contributed by atoms with E-state index in [2.05, 4.69) is 83.6 Å². The first kappa shape index (κ1) is 64.7. The minimum absolute atomic E-state index is 0. The average molecular weight is 613 g/mol.